The molecule has 0 aliphatic rings. The summed E-state index contributed by atoms with van der Waals surface area (Å²) < 4.78 is 19.0. The van der Waals surface area contributed by atoms with Gasteiger partial charge in [0.2, 0.25) is 0 Å². The standard InChI is InChI=1S/C17H19ClFNO/c1-11-4-3-5-13(8-12(2)20)17(11)21-10-14-6-7-15(19)9-16(14)18/h3-7,9,12H,8,10,20H2,1-2H3. The van der Waals surface area contributed by atoms with Crippen LogP contribution in [0.15, 0.2) is 36.4 Å². The highest BCUT2D eigenvalue weighted by atomic mass is 35.5. The second kappa shape index (κ2) is 6.92. The Morgan fingerprint density at radius 3 is 2.67 bits per heavy atom. The van der Waals surface area contributed by atoms with Gasteiger partial charge >= 0.3 is 0 Å². The summed E-state index contributed by atoms with van der Waals surface area (Å²) in [5, 5.41) is 0.373. The summed E-state index contributed by atoms with van der Waals surface area (Å²) in [4.78, 5) is 0. The molecule has 21 heavy (non-hydrogen) atoms. The monoisotopic (exact) mass is 307 g/mol. The van der Waals surface area contributed by atoms with Crippen LogP contribution in [0.3, 0.4) is 0 Å². The van der Waals surface area contributed by atoms with Crippen LogP contribution in [0, 0.1) is 12.7 Å². The molecule has 0 saturated heterocycles. The minimum Gasteiger partial charge on any atom is -0.488 e. The Labute approximate surface area is 129 Å². The molecule has 1 unspecified atom stereocenters. The van der Waals surface area contributed by atoms with E-state index in [0.717, 1.165) is 28.9 Å². The number of benzene rings is 2. The molecule has 0 aromatic heterocycles. The molecule has 0 radical (unpaired) electrons. The average Bonchev–Trinajstić information content (AvgIpc) is 2.39. The Morgan fingerprint density at radius 2 is 2.00 bits per heavy atom. The third-order valence-electron chi connectivity index (χ3n) is 3.22. The van der Waals surface area contributed by atoms with Crippen LogP contribution in [0.25, 0.3) is 0 Å². The summed E-state index contributed by atoms with van der Waals surface area (Å²) in [6, 6.07) is 10.4. The molecule has 2 rings (SSSR count). The Hall–Kier alpha value is -1.58. The van der Waals surface area contributed by atoms with E-state index in [2.05, 4.69) is 0 Å². The largest absolute Gasteiger partial charge is 0.488 e. The summed E-state index contributed by atoms with van der Waals surface area (Å²) in [5.74, 6) is 0.479. The normalized spacial score (nSPS) is 12.2. The van der Waals surface area contributed by atoms with E-state index in [1.807, 2.05) is 32.0 Å². The van der Waals surface area contributed by atoms with Gasteiger partial charge in [0.15, 0.2) is 0 Å². The molecule has 2 aromatic carbocycles. The van der Waals surface area contributed by atoms with Gasteiger partial charge in [-0.2, -0.15) is 0 Å². The molecule has 0 spiro atoms. The maximum Gasteiger partial charge on any atom is 0.125 e. The van der Waals surface area contributed by atoms with Gasteiger partial charge in [0, 0.05) is 11.6 Å². The summed E-state index contributed by atoms with van der Waals surface area (Å²) in [5.41, 5.74) is 8.75. The first-order valence-electron chi connectivity index (χ1n) is 6.88. The van der Waals surface area contributed by atoms with Gasteiger partial charge in [-0.1, -0.05) is 35.9 Å². The molecule has 2 aromatic rings. The highest BCUT2D eigenvalue weighted by Gasteiger charge is 2.10. The lowest BCUT2D eigenvalue weighted by atomic mass is 10.0. The topological polar surface area (TPSA) is 35.2 Å². The number of aryl methyl sites for hydroxylation is 1. The summed E-state index contributed by atoms with van der Waals surface area (Å²) in [6.45, 7) is 4.26. The molecule has 0 aliphatic heterocycles. The number of rotatable bonds is 5. The molecule has 0 fully saturated rings. The van der Waals surface area contributed by atoms with Crippen molar-refractivity contribution in [3.05, 3.63) is 63.9 Å². The summed E-state index contributed by atoms with van der Waals surface area (Å²) in [7, 11) is 0. The van der Waals surface area contributed by atoms with Crippen molar-refractivity contribution in [3.63, 3.8) is 0 Å². The molecular formula is C17H19ClFNO. The zero-order valence-electron chi connectivity index (χ0n) is 12.2. The number of halogens is 2. The van der Waals surface area contributed by atoms with Crippen LogP contribution >= 0.6 is 11.6 Å². The number of para-hydroxylation sites is 1. The van der Waals surface area contributed by atoms with Gasteiger partial charge < -0.3 is 10.5 Å². The van der Waals surface area contributed by atoms with Gasteiger partial charge in [-0.15, -0.1) is 0 Å². The SMILES string of the molecule is Cc1cccc(CC(C)N)c1OCc1ccc(F)cc1Cl. The minimum atomic E-state index is -0.350. The third-order valence-corrected chi connectivity index (χ3v) is 3.57. The number of ether oxygens (including phenoxy) is 1. The van der Waals surface area contributed by atoms with E-state index in [4.69, 9.17) is 22.1 Å². The zero-order valence-corrected chi connectivity index (χ0v) is 13.0. The molecule has 2 N–H and O–H groups in total. The van der Waals surface area contributed by atoms with Crippen molar-refractivity contribution in [1.29, 1.82) is 0 Å². The van der Waals surface area contributed by atoms with Gasteiger partial charge in [0.05, 0.1) is 5.02 Å². The Balaban J connectivity index is 2.19. The lowest BCUT2D eigenvalue weighted by Crippen LogP contribution is -2.18. The highest BCUT2D eigenvalue weighted by molar-refractivity contribution is 6.31. The van der Waals surface area contributed by atoms with E-state index < -0.39 is 0 Å². The van der Waals surface area contributed by atoms with Gasteiger partial charge in [-0.25, -0.2) is 4.39 Å². The second-order valence-electron chi connectivity index (χ2n) is 5.27. The zero-order chi connectivity index (χ0) is 15.4. The lowest BCUT2D eigenvalue weighted by molar-refractivity contribution is 0.300. The second-order valence-corrected chi connectivity index (χ2v) is 5.68. The smallest absolute Gasteiger partial charge is 0.125 e. The van der Waals surface area contributed by atoms with Crippen LogP contribution in [-0.2, 0) is 13.0 Å². The molecule has 0 saturated carbocycles. The van der Waals surface area contributed by atoms with Crippen molar-refractivity contribution in [2.75, 3.05) is 0 Å². The number of nitrogens with two attached hydrogens (primary N) is 1. The Bertz CT molecular complexity index is 628. The van der Waals surface area contributed by atoms with Gasteiger partial charge in [0.25, 0.3) is 0 Å². The van der Waals surface area contributed by atoms with Crippen molar-refractivity contribution in [2.24, 2.45) is 5.73 Å². The van der Waals surface area contributed by atoms with Crippen molar-refractivity contribution >= 4 is 11.6 Å². The molecule has 112 valence electrons. The van der Waals surface area contributed by atoms with Crippen molar-refractivity contribution in [2.45, 2.75) is 32.9 Å². The maximum absolute atomic E-state index is 13.0. The Morgan fingerprint density at radius 1 is 1.24 bits per heavy atom. The predicted molar refractivity (Wildman–Crippen MR) is 84.3 cm³/mol. The van der Waals surface area contributed by atoms with Crippen LogP contribution in [-0.4, -0.2) is 6.04 Å². The first-order chi connectivity index (χ1) is 9.97. The van der Waals surface area contributed by atoms with Crippen molar-refractivity contribution < 1.29 is 9.13 Å². The van der Waals surface area contributed by atoms with Gasteiger partial charge in [0.1, 0.15) is 18.2 Å². The predicted octanol–water partition coefficient (Wildman–Crippen LogP) is 4.26. The highest BCUT2D eigenvalue weighted by Crippen LogP contribution is 2.27. The van der Waals surface area contributed by atoms with E-state index in [-0.39, 0.29) is 11.9 Å². The number of hydrogen-bond acceptors (Lipinski definition) is 2. The van der Waals surface area contributed by atoms with E-state index in [1.165, 1.54) is 12.1 Å². The molecule has 0 amide bonds. The quantitative estimate of drug-likeness (QED) is 0.896. The third kappa shape index (κ3) is 4.19. The minimum absolute atomic E-state index is 0.0589. The van der Waals surface area contributed by atoms with Crippen LogP contribution in [0.2, 0.25) is 5.02 Å². The van der Waals surface area contributed by atoms with Gasteiger partial charge in [-0.3, -0.25) is 0 Å². The molecule has 0 aliphatic carbocycles. The van der Waals surface area contributed by atoms with Crippen molar-refractivity contribution in [1.82, 2.24) is 0 Å². The molecule has 1 atom stereocenters. The van der Waals surface area contributed by atoms with Crippen LogP contribution in [0.1, 0.15) is 23.6 Å². The lowest BCUT2D eigenvalue weighted by Gasteiger charge is -2.16. The number of hydrogen-bond donors (Lipinski definition) is 1. The average molecular weight is 308 g/mol. The molecular weight excluding hydrogens is 289 g/mol. The fraction of sp³-hybridized carbons (Fsp3) is 0.294. The van der Waals surface area contributed by atoms with E-state index in [1.54, 1.807) is 6.07 Å². The van der Waals surface area contributed by atoms with E-state index in [0.29, 0.717) is 11.6 Å². The molecule has 0 bridgehead atoms. The fourth-order valence-electron chi connectivity index (χ4n) is 2.22. The maximum atomic E-state index is 13.0. The van der Waals surface area contributed by atoms with Crippen LogP contribution in [0.5, 0.6) is 5.75 Å². The van der Waals surface area contributed by atoms with Crippen LogP contribution in [0.4, 0.5) is 4.39 Å². The molecule has 2 nitrogen and oxygen atoms in total. The van der Waals surface area contributed by atoms with Crippen molar-refractivity contribution in [3.8, 4) is 5.75 Å². The summed E-state index contributed by atoms with van der Waals surface area (Å²) >= 11 is 6.02. The van der Waals surface area contributed by atoms with E-state index >= 15 is 0 Å². The fourth-order valence-corrected chi connectivity index (χ4v) is 2.44. The summed E-state index contributed by atoms with van der Waals surface area (Å²) in [6.07, 6.45) is 0.744. The Kier molecular flexibility index (Phi) is 5.21. The first kappa shape index (κ1) is 15.8. The van der Waals surface area contributed by atoms with Crippen LogP contribution < -0.4 is 10.5 Å². The van der Waals surface area contributed by atoms with Gasteiger partial charge in [-0.05, 0) is 43.5 Å². The molecule has 4 heteroatoms. The first-order valence-corrected chi connectivity index (χ1v) is 7.26. The molecule has 0 heterocycles. The van der Waals surface area contributed by atoms with E-state index in [9.17, 15) is 4.39 Å².